The van der Waals surface area contributed by atoms with Crippen molar-refractivity contribution in [1.29, 1.82) is 0 Å². The minimum Gasteiger partial charge on any atom is -0.352 e. The Balaban J connectivity index is 1.79. The topological polar surface area (TPSA) is 86.8 Å². The van der Waals surface area contributed by atoms with Crippen LogP contribution in [0.15, 0.2) is 108 Å². The molecule has 4 aromatic carbocycles. The van der Waals surface area contributed by atoms with Gasteiger partial charge in [0.15, 0.2) is 0 Å². The zero-order valence-electron chi connectivity index (χ0n) is 25.4. The van der Waals surface area contributed by atoms with E-state index in [1.807, 2.05) is 58.0 Å². The van der Waals surface area contributed by atoms with E-state index in [1.54, 1.807) is 48.5 Å². The molecule has 1 atom stereocenters. The number of nitrogens with zero attached hydrogens (tertiary/aromatic N) is 2. The van der Waals surface area contributed by atoms with Gasteiger partial charge in [-0.3, -0.25) is 13.9 Å². The third-order valence-electron chi connectivity index (χ3n) is 7.18. The first-order chi connectivity index (χ1) is 20.9. The van der Waals surface area contributed by atoms with Crippen LogP contribution in [0, 0.1) is 19.7 Å². The summed E-state index contributed by atoms with van der Waals surface area (Å²) < 4.78 is 43.0. The van der Waals surface area contributed by atoms with Gasteiger partial charge in [0.05, 0.1) is 10.6 Å². The molecule has 0 saturated heterocycles. The van der Waals surface area contributed by atoms with E-state index in [9.17, 15) is 22.4 Å². The molecule has 1 unspecified atom stereocenters. The highest BCUT2D eigenvalue weighted by molar-refractivity contribution is 7.92. The Bertz CT molecular complexity index is 1660. The second-order valence-corrected chi connectivity index (χ2v) is 13.0. The molecule has 1 N–H and O–H groups in total. The van der Waals surface area contributed by atoms with Gasteiger partial charge < -0.3 is 10.2 Å². The fourth-order valence-electron chi connectivity index (χ4n) is 4.80. The largest absolute Gasteiger partial charge is 0.352 e. The Hall–Kier alpha value is -4.50. The number of hydrogen-bond acceptors (Lipinski definition) is 4. The van der Waals surface area contributed by atoms with Crippen molar-refractivity contribution in [3.05, 3.63) is 131 Å². The highest BCUT2D eigenvalue weighted by Gasteiger charge is 2.34. The number of sulfonamides is 1. The maximum absolute atomic E-state index is 14.4. The average molecular weight is 616 g/mol. The van der Waals surface area contributed by atoms with Crippen LogP contribution in [-0.4, -0.2) is 43.8 Å². The fourth-order valence-corrected chi connectivity index (χ4v) is 6.21. The predicted molar refractivity (Wildman–Crippen MR) is 171 cm³/mol. The number of carbonyl (C=O) groups excluding carboxylic acids is 2. The first kappa shape index (κ1) is 32.4. The lowest BCUT2D eigenvalue weighted by molar-refractivity contribution is -0.140. The second kappa shape index (κ2) is 14.3. The molecule has 4 rings (SSSR count). The van der Waals surface area contributed by atoms with E-state index >= 15 is 0 Å². The Labute approximate surface area is 259 Å². The van der Waals surface area contributed by atoms with Crippen LogP contribution >= 0.6 is 0 Å². The van der Waals surface area contributed by atoms with Crippen LogP contribution in [0.25, 0.3) is 0 Å². The van der Waals surface area contributed by atoms with Crippen LogP contribution in [0.4, 0.5) is 10.1 Å². The predicted octanol–water partition coefficient (Wildman–Crippen LogP) is 5.80. The molecule has 2 amide bonds. The minimum atomic E-state index is -4.18. The standard InChI is InChI=1S/C35H38FN3O4S/c1-25(2)37-35(41)33(22-28-8-6-5-7-9-28)38(23-29-14-16-30(36)17-15-29)34(40)24-39(31-18-10-26(3)11-19-31)44(42,43)32-20-12-27(4)13-21-32/h5-21,25,33H,22-24H2,1-4H3,(H,37,41). The lowest BCUT2D eigenvalue weighted by Gasteiger charge is -2.34. The number of amides is 2. The number of halogens is 1. The van der Waals surface area contributed by atoms with E-state index in [2.05, 4.69) is 5.32 Å². The van der Waals surface area contributed by atoms with E-state index < -0.39 is 34.3 Å². The zero-order valence-corrected chi connectivity index (χ0v) is 26.2. The number of nitrogens with one attached hydrogen (secondary N) is 1. The van der Waals surface area contributed by atoms with E-state index in [0.29, 0.717) is 11.3 Å². The summed E-state index contributed by atoms with van der Waals surface area (Å²) in [5.74, 6) is -1.38. The summed E-state index contributed by atoms with van der Waals surface area (Å²) in [5, 5.41) is 2.92. The molecule has 0 heterocycles. The molecule has 0 fully saturated rings. The van der Waals surface area contributed by atoms with Gasteiger partial charge in [-0.1, -0.05) is 77.9 Å². The van der Waals surface area contributed by atoms with Crippen LogP contribution in [0.5, 0.6) is 0 Å². The average Bonchev–Trinajstić information content (AvgIpc) is 2.99. The smallest absolute Gasteiger partial charge is 0.264 e. The van der Waals surface area contributed by atoms with Crippen LogP contribution in [-0.2, 0) is 32.6 Å². The normalized spacial score (nSPS) is 12.0. The van der Waals surface area contributed by atoms with Gasteiger partial charge in [-0.2, -0.15) is 0 Å². The van der Waals surface area contributed by atoms with Gasteiger partial charge >= 0.3 is 0 Å². The molecule has 230 valence electrons. The van der Waals surface area contributed by atoms with Crippen LogP contribution in [0.2, 0.25) is 0 Å². The molecule has 0 aromatic heterocycles. The first-order valence-electron chi connectivity index (χ1n) is 14.5. The van der Waals surface area contributed by atoms with Crippen LogP contribution in [0.1, 0.15) is 36.1 Å². The maximum atomic E-state index is 14.4. The van der Waals surface area contributed by atoms with E-state index in [4.69, 9.17) is 0 Å². The zero-order chi connectivity index (χ0) is 31.9. The number of carbonyl (C=O) groups is 2. The van der Waals surface area contributed by atoms with E-state index in [1.165, 1.54) is 29.2 Å². The van der Waals surface area contributed by atoms with Crippen molar-refractivity contribution in [1.82, 2.24) is 10.2 Å². The van der Waals surface area contributed by atoms with Crippen LogP contribution in [0.3, 0.4) is 0 Å². The third kappa shape index (κ3) is 8.32. The maximum Gasteiger partial charge on any atom is 0.264 e. The van der Waals surface area contributed by atoms with Crippen molar-refractivity contribution >= 4 is 27.5 Å². The molecular weight excluding hydrogens is 577 g/mol. The van der Waals surface area contributed by atoms with Gasteiger partial charge in [0, 0.05) is 19.0 Å². The molecule has 0 spiro atoms. The molecule has 0 aliphatic carbocycles. The molecule has 0 aliphatic rings. The van der Waals surface area contributed by atoms with Gasteiger partial charge in [-0.25, -0.2) is 12.8 Å². The van der Waals surface area contributed by atoms with Gasteiger partial charge in [0.1, 0.15) is 18.4 Å². The summed E-state index contributed by atoms with van der Waals surface area (Å²) in [6.07, 6.45) is 0.196. The third-order valence-corrected chi connectivity index (χ3v) is 8.97. The molecule has 0 aliphatic heterocycles. The molecule has 0 saturated carbocycles. The summed E-state index contributed by atoms with van der Waals surface area (Å²) in [6.45, 7) is 6.82. The summed E-state index contributed by atoms with van der Waals surface area (Å²) in [5.41, 5.74) is 3.57. The van der Waals surface area contributed by atoms with E-state index in [-0.39, 0.29) is 29.8 Å². The lowest BCUT2D eigenvalue weighted by Crippen LogP contribution is -2.54. The van der Waals surface area contributed by atoms with Crippen molar-refractivity contribution in [3.63, 3.8) is 0 Å². The molecular formula is C35H38FN3O4S. The van der Waals surface area contributed by atoms with Gasteiger partial charge in [-0.05, 0) is 75.2 Å². The number of anilines is 1. The second-order valence-electron chi connectivity index (χ2n) is 11.2. The summed E-state index contributed by atoms with van der Waals surface area (Å²) >= 11 is 0. The Morgan fingerprint density at radius 2 is 1.34 bits per heavy atom. The molecule has 7 nitrogen and oxygen atoms in total. The molecule has 44 heavy (non-hydrogen) atoms. The summed E-state index contributed by atoms with van der Waals surface area (Å²) in [4.78, 5) is 29.5. The summed E-state index contributed by atoms with van der Waals surface area (Å²) in [6, 6.07) is 27.1. The Morgan fingerprint density at radius 1 is 0.773 bits per heavy atom. The number of aryl methyl sites for hydroxylation is 2. The van der Waals surface area contributed by atoms with Crippen molar-refractivity contribution < 1.29 is 22.4 Å². The van der Waals surface area contributed by atoms with Crippen molar-refractivity contribution in [2.45, 2.75) is 57.6 Å². The Kier molecular flexibility index (Phi) is 10.5. The highest BCUT2D eigenvalue weighted by atomic mass is 32.2. The Morgan fingerprint density at radius 3 is 1.91 bits per heavy atom. The molecule has 0 radical (unpaired) electrons. The molecule has 4 aromatic rings. The van der Waals surface area contributed by atoms with Gasteiger partial charge in [0.25, 0.3) is 10.0 Å². The fraction of sp³-hybridized carbons (Fsp3) is 0.257. The lowest BCUT2D eigenvalue weighted by atomic mass is 10.0. The monoisotopic (exact) mass is 615 g/mol. The summed E-state index contributed by atoms with van der Waals surface area (Å²) in [7, 11) is -4.18. The SMILES string of the molecule is Cc1ccc(N(CC(=O)N(Cc2ccc(F)cc2)C(Cc2ccccc2)C(=O)NC(C)C)S(=O)(=O)c2ccc(C)cc2)cc1. The van der Waals surface area contributed by atoms with E-state index in [0.717, 1.165) is 21.0 Å². The van der Waals surface area contributed by atoms with Crippen molar-refractivity contribution in [3.8, 4) is 0 Å². The highest BCUT2D eigenvalue weighted by Crippen LogP contribution is 2.26. The van der Waals surface area contributed by atoms with Crippen LogP contribution < -0.4 is 9.62 Å². The van der Waals surface area contributed by atoms with Crippen molar-refractivity contribution in [2.24, 2.45) is 0 Å². The van der Waals surface area contributed by atoms with Crippen molar-refractivity contribution in [2.75, 3.05) is 10.8 Å². The number of benzene rings is 4. The molecule has 9 heteroatoms. The number of rotatable bonds is 12. The first-order valence-corrected chi connectivity index (χ1v) is 15.9. The van der Waals surface area contributed by atoms with Gasteiger partial charge in [0.2, 0.25) is 11.8 Å². The minimum absolute atomic E-state index is 0.0333. The molecule has 0 bridgehead atoms. The van der Waals surface area contributed by atoms with Gasteiger partial charge in [-0.15, -0.1) is 0 Å². The quantitative estimate of drug-likeness (QED) is 0.218. The number of hydrogen-bond donors (Lipinski definition) is 1.